The summed E-state index contributed by atoms with van der Waals surface area (Å²) in [6.45, 7) is 4.02. The van der Waals surface area contributed by atoms with Crippen molar-refractivity contribution < 1.29 is 4.79 Å². The lowest BCUT2D eigenvalue weighted by Gasteiger charge is -2.16. The molecule has 33 heavy (non-hydrogen) atoms. The second-order valence-corrected chi connectivity index (χ2v) is 10.9. The second-order valence-electron chi connectivity index (χ2n) is 8.43. The fourth-order valence-corrected chi connectivity index (χ4v) is 6.63. The number of aromatic nitrogens is 2. The summed E-state index contributed by atoms with van der Waals surface area (Å²) in [5.74, 6) is 0.166. The molecule has 1 aliphatic carbocycles. The van der Waals surface area contributed by atoms with Gasteiger partial charge < -0.3 is 0 Å². The largest absolute Gasteiger partial charge is 0.293 e. The number of ketones is 1. The summed E-state index contributed by atoms with van der Waals surface area (Å²) in [5.41, 5.74) is 4.63. The van der Waals surface area contributed by atoms with Crippen molar-refractivity contribution >= 4 is 50.7 Å². The van der Waals surface area contributed by atoms with Crippen molar-refractivity contribution in [1.82, 2.24) is 9.55 Å². The van der Waals surface area contributed by atoms with Gasteiger partial charge in [0.2, 0.25) is 0 Å². The van der Waals surface area contributed by atoms with E-state index in [-0.39, 0.29) is 17.1 Å². The normalized spacial score (nSPS) is 13.3. The first-order chi connectivity index (χ1) is 15.9. The molecule has 0 aliphatic heterocycles. The number of hydrogen-bond acceptors (Lipinski definition) is 5. The Kier molecular flexibility index (Phi) is 6.16. The van der Waals surface area contributed by atoms with Crippen LogP contribution in [0.4, 0.5) is 0 Å². The van der Waals surface area contributed by atoms with Crippen molar-refractivity contribution in [2.24, 2.45) is 0 Å². The van der Waals surface area contributed by atoms with Crippen LogP contribution >= 0.6 is 34.7 Å². The molecule has 168 valence electrons. The predicted molar refractivity (Wildman–Crippen MR) is 138 cm³/mol. The average Bonchev–Trinajstić information content (AvgIpc) is 3.18. The van der Waals surface area contributed by atoms with Crippen LogP contribution in [0.15, 0.2) is 52.4 Å². The predicted octanol–water partition coefficient (Wildman–Crippen LogP) is 6.57. The average molecular weight is 495 g/mol. The van der Waals surface area contributed by atoms with Crippen molar-refractivity contribution in [2.45, 2.75) is 44.7 Å². The lowest BCUT2D eigenvalue weighted by molar-refractivity contribution is 0.102. The molecule has 0 bridgehead atoms. The van der Waals surface area contributed by atoms with Crippen LogP contribution in [0.25, 0.3) is 15.9 Å². The molecule has 0 saturated heterocycles. The van der Waals surface area contributed by atoms with Crippen LogP contribution in [0.3, 0.4) is 0 Å². The van der Waals surface area contributed by atoms with Gasteiger partial charge in [-0.15, -0.1) is 11.3 Å². The second kappa shape index (κ2) is 9.09. The molecule has 0 atom stereocenters. The molecule has 0 spiro atoms. The van der Waals surface area contributed by atoms with Crippen molar-refractivity contribution in [3.63, 3.8) is 0 Å². The van der Waals surface area contributed by atoms with E-state index in [1.54, 1.807) is 40.2 Å². The first-order valence-corrected chi connectivity index (χ1v) is 13.2. The van der Waals surface area contributed by atoms with Crippen molar-refractivity contribution in [3.05, 3.63) is 85.0 Å². The molecule has 4 nitrogen and oxygen atoms in total. The van der Waals surface area contributed by atoms with E-state index in [9.17, 15) is 9.59 Å². The Hall–Kier alpha value is -2.41. The van der Waals surface area contributed by atoms with Crippen LogP contribution in [0, 0.1) is 13.8 Å². The lowest BCUT2D eigenvalue weighted by atomic mass is 9.97. The van der Waals surface area contributed by atoms with Crippen molar-refractivity contribution in [2.75, 3.05) is 5.75 Å². The third-order valence-electron chi connectivity index (χ3n) is 6.06. The highest BCUT2D eigenvalue weighted by atomic mass is 35.5. The molecule has 2 heterocycles. The minimum absolute atomic E-state index is 0.0241. The SMILES string of the molecule is Cc1ccc(C)c(-n2c(SCC(=O)c3ccc(Cl)cc3)nc3sc4c(c3c2=O)CCCC4)c1. The summed E-state index contributed by atoms with van der Waals surface area (Å²) in [7, 11) is 0. The minimum Gasteiger partial charge on any atom is -0.293 e. The van der Waals surface area contributed by atoms with Crippen molar-refractivity contribution in [1.29, 1.82) is 0 Å². The smallest absolute Gasteiger partial charge is 0.267 e. The molecule has 0 amide bonds. The molecule has 7 heteroatoms. The fourth-order valence-electron chi connectivity index (χ4n) is 4.31. The van der Waals surface area contributed by atoms with Gasteiger partial charge in [0, 0.05) is 15.5 Å². The number of Topliss-reactive ketones (excluding diaryl/α,β-unsaturated/α-hetero) is 1. The molecule has 4 aromatic rings. The van der Waals surface area contributed by atoms with Gasteiger partial charge in [-0.1, -0.05) is 35.5 Å². The Balaban J connectivity index is 1.63. The van der Waals surface area contributed by atoms with E-state index in [1.165, 1.54) is 22.2 Å². The van der Waals surface area contributed by atoms with Crippen LogP contribution in [0.1, 0.15) is 44.8 Å². The van der Waals surface area contributed by atoms with Gasteiger partial charge in [0.05, 0.1) is 16.8 Å². The number of carbonyl (C=O) groups is 1. The summed E-state index contributed by atoms with van der Waals surface area (Å²) in [4.78, 5) is 33.8. The number of thioether (sulfide) groups is 1. The van der Waals surface area contributed by atoms with Gasteiger partial charge in [0.15, 0.2) is 10.9 Å². The number of benzene rings is 2. The summed E-state index contributed by atoms with van der Waals surface area (Å²) < 4.78 is 1.71. The third-order valence-corrected chi connectivity index (χ3v) is 8.44. The number of nitrogens with zero attached hydrogens (tertiary/aromatic N) is 2. The van der Waals surface area contributed by atoms with E-state index in [0.29, 0.717) is 15.7 Å². The van der Waals surface area contributed by atoms with Crippen LogP contribution in [-0.2, 0) is 12.8 Å². The third kappa shape index (κ3) is 4.27. The summed E-state index contributed by atoms with van der Waals surface area (Å²) in [5, 5.41) is 1.91. The van der Waals surface area contributed by atoms with Gasteiger partial charge in [-0.05, 0) is 86.6 Å². The molecule has 2 aromatic heterocycles. The molecule has 0 saturated carbocycles. The maximum Gasteiger partial charge on any atom is 0.267 e. The zero-order valence-electron chi connectivity index (χ0n) is 18.5. The number of fused-ring (bicyclic) bond motifs is 3. The molecule has 5 rings (SSSR count). The Morgan fingerprint density at radius 2 is 1.88 bits per heavy atom. The fraction of sp³-hybridized carbons (Fsp3) is 0.269. The van der Waals surface area contributed by atoms with Gasteiger partial charge in [0.1, 0.15) is 4.83 Å². The van der Waals surface area contributed by atoms with Gasteiger partial charge in [0.25, 0.3) is 5.56 Å². The highest BCUT2D eigenvalue weighted by Crippen LogP contribution is 2.35. The van der Waals surface area contributed by atoms with E-state index in [0.717, 1.165) is 52.7 Å². The van der Waals surface area contributed by atoms with E-state index in [1.807, 2.05) is 32.0 Å². The lowest BCUT2D eigenvalue weighted by Crippen LogP contribution is -2.23. The molecule has 0 unspecified atom stereocenters. The first-order valence-electron chi connectivity index (χ1n) is 11.0. The zero-order valence-corrected chi connectivity index (χ0v) is 20.9. The minimum atomic E-state index is -0.0328. The monoisotopic (exact) mass is 494 g/mol. The summed E-state index contributed by atoms with van der Waals surface area (Å²) >= 11 is 8.91. The highest BCUT2D eigenvalue weighted by molar-refractivity contribution is 7.99. The maximum absolute atomic E-state index is 13.9. The molecule has 2 aromatic carbocycles. The number of thiophene rings is 1. The summed E-state index contributed by atoms with van der Waals surface area (Å²) in [6.07, 6.45) is 4.20. The van der Waals surface area contributed by atoms with E-state index >= 15 is 0 Å². The zero-order chi connectivity index (χ0) is 23.1. The number of rotatable bonds is 5. The standard InChI is InChI=1S/C26H23ClN2O2S2/c1-15-7-8-16(2)20(13-15)29-25(31)23-19-5-3-4-6-22(19)33-24(23)28-26(29)32-14-21(30)17-9-11-18(27)12-10-17/h7-13H,3-6,14H2,1-2H3. The van der Waals surface area contributed by atoms with Gasteiger partial charge in [-0.3, -0.25) is 14.2 Å². The van der Waals surface area contributed by atoms with Crippen LogP contribution in [0.5, 0.6) is 0 Å². The number of hydrogen-bond donors (Lipinski definition) is 0. The Labute approximate surface area is 205 Å². The molecule has 0 fully saturated rings. The van der Waals surface area contributed by atoms with E-state index < -0.39 is 0 Å². The Morgan fingerprint density at radius 1 is 1.12 bits per heavy atom. The number of halogens is 1. The first kappa shape index (κ1) is 22.4. The highest BCUT2D eigenvalue weighted by Gasteiger charge is 2.24. The molecular formula is C26H23ClN2O2S2. The van der Waals surface area contributed by atoms with Gasteiger partial charge >= 0.3 is 0 Å². The molecular weight excluding hydrogens is 472 g/mol. The van der Waals surface area contributed by atoms with Gasteiger partial charge in [-0.25, -0.2) is 4.98 Å². The molecule has 0 radical (unpaired) electrons. The van der Waals surface area contributed by atoms with Crippen LogP contribution < -0.4 is 5.56 Å². The van der Waals surface area contributed by atoms with Crippen molar-refractivity contribution in [3.8, 4) is 5.69 Å². The number of carbonyl (C=O) groups excluding carboxylic acids is 1. The van der Waals surface area contributed by atoms with E-state index in [2.05, 4.69) is 0 Å². The quantitative estimate of drug-likeness (QED) is 0.179. The van der Waals surface area contributed by atoms with Crippen LogP contribution in [0.2, 0.25) is 5.02 Å². The van der Waals surface area contributed by atoms with E-state index in [4.69, 9.17) is 16.6 Å². The topological polar surface area (TPSA) is 52.0 Å². The Bertz CT molecular complexity index is 1440. The summed E-state index contributed by atoms with van der Waals surface area (Å²) in [6, 6.07) is 13.0. The Morgan fingerprint density at radius 3 is 2.67 bits per heavy atom. The molecule has 1 aliphatic rings. The number of aryl methyl sites for hydroxylation is 4. The van der Waals surface area contributed by atoms with Gasteiger partial charge in [-0.2, -0.15) is 0 Å². The maximum atomic E-state index is 13.9. The van der Waals surface area contributed by atoms with Crippen LogP contribution in [-0.4, -0.2) is 21.1 Å². The molecule has 0 N–H and O–H groups in total.